The first-order valence-corrected chi connectivity index (χ1v) is 6.57. The molecule has 0 amide bonds. The molecule has 0 fully saturated rings. The van der Waals surface area contributed by atoms with Crippen LogP contribution in [0.25, 0.3) is 0 Å². The molecular weight excluding hydrogens is 316 g/mol. The number of halogens is 2. The van der Waals surface area contributed by atoms with Gasteiger partial charge in [0.25, 0.3) is 0 Å². The molecular formula is C13H12BrClN2O. The Morgan fingerprint density at radius 2 is 2.17 bits per heavy atom. The second-order valence-electron chi connectivity index (χ2n) is 3.72. The van der Waals surface area contributed by atoms with Gasteiger partial charge in [-0.15, -0.1) is 0 Å². The Hall–Kier alpha value is -1.10. The summed E-state index contributed by atoms with van der Waals surface area (Å²) < 4.78 is 6.59. The second-order valence-corrected chi connectivity index (χ2v) is 4.99. The molecule has 0 aliphatic heterocycles. The van der Waals surface area contributed by atoms with Crippen LogP contribution in [0.3, 0.4) is 0 Å². The molecule has 0 bridgehead atoms. The van der Waals surface area contributed by atoms with Crippen molar-refractivity contribution >= 4 is 27.5 Å². The molecule has 0 atom stereocenters. The predicted octanol–water partition coefficient (Wildman–Crippen LogP) is 3.54. The molecule has 0 aliphatic carbocycles. The largest absolute Gasteiger partial charge is 0.488 e. The third kappa shape index (κ3) is 3.22. The lowest BCUT2D eigenvalue weighted by Gasteiger charge is -2.10. The van der Waals surface area contributed by atoms with Crippen molar-refractivity contribution in [1.82, 2.24) is 4.98 Å². The summed E-state index contributed by atoms with van der Waals surface area (Å²) in [5.41, 5.74) is 7.52. The molecule has 0 spiro atoms. The molecule has 2 rings (SSSR count). The van der Waals surface area contributed by atoms with Crippen LogP contribution in [0, 0.1) is 0 Å². The number of hydrogen-bond donors (Lipinski definition) is 1. The molecule has 2 aromatic rings. The van der Waals surface area contributed by atoms with Gasteiger partial charge in [0.2, 0.25) is 0 Å². The van der Waals surface area contributed by atoms with Gasteiger partial charge in [-0.25, -0.2) is 0 Å². The molecule has 0 aliphatic rings. The van der Waals surface area contributed by atoms with Gasteiger partial charge in [0.05, 0.1) is 9.50 Å². The van der Waals surface area contributed by atoms with Crippen molar-refractivity contribution in [3.63, 3.8) is 0 Å². The summed E-state index contributed by atoms with van der Waals surface area (Å²) in [5.74, 6) is 0.764. The van der Waals surface area contributed by atoms with E-state index in [0.717, 1.165) is 21.3 Å². The first-order valence-electron chi connectivity index (χ1n) is 5.40. The zero-order chi connectivity index (χ0) is 13.0. The lowest BCUT2D eigenvalue weighted by molar-refractivity contribution is 0.304. The standard InChI is InChI=1S/C13H12BrClN2O/c14-11-5-9(6-16)1-2-13(11)18-8-10-3-4-17-7-12(10)15/h1-5,7H,6,8,16H2. The van der Waals surface area contributed by atoms with Gasteiger partial charge in [-0.3, -0.25) is 4.98 Å². The van der Waals surface area contributed by atoms with Crippen LogP contribution < -0.4 is 10.5 Å². The zero-order valence-corrected chi connectivity index (χ0v) is 11.9. The van der Waals surface area contributed by atoms with E-state index in [1.165, 1.54) is 0 Å². The van der Waals surface area contributed by atoms with E-state index in [0.29, 0.717) is 18.2 Å². The summed E-state index contributed by atoms with van der Waals surface area (Å²) >= 11 is 9.46. The number of rotatable bonds is 4. The normalized spacial score (nSPS) is 10.4. The van der Waals surface area contributed by atoms with Crippen LogP contribution in [0.2, 0.25) is 5.02 Å². The zero-order valence-electron chi connectivity index (χ0n) is 9.57. The van der Waals surface area contributed by atoms with Crippen LogP contribution in [0.1, 0.15) is 11.1 Å². The van der Waals surface area contributed by atoms with E-state index in [4.69, 9.17) is 22.1 Å². The van der Waals surface area contributed by atoms with Gasteiger partial charge < -0.3 is 10.5 Å². The maximum absolute atomic E-state index is 6.01. The summed E-state index contributed by atoms with van der Waals surface area (Å²) in [5, 5.41) is 0.604. The number of ether oxygens (including phenoxy) is 1. The van der Waals surface area contributed by atoms with Crippen LogP contribution in [0.15, 0.2) is 41.1 Å². The average molecular weight is 328 g/mol. The molecule has 18 heavy (non-hydrogen) atoms. The first-order chi connectivity index (χ1) is 8.70. The molecule has 1 heterocycles. The Labute approximate surface area is 119 Å². The molecule has 3 nitrogen and oxygen atoms in total. The van der Waals surface area contributed by atoms with Crippen LogP contribution in [-0.2, 0) is 13.2 Å². The number of benzene rings is 1. The lowest BCUT2D eigenvalue weighted by Crippen LogP contribution is -1.99. The Bertz CT molecular complexity index is 548. The van der Waals surface area contributed by atoms with Gasteiger partial charge in [-0.05, 0) is 39.7 Å². The van der Waals surface area contributed by atoms with E-state index in [1.807, 2.05) is 24.3 Å². The summed E-state index contributed by atoms with van der Waals surface area (Å²) in [6.45, 7) is 0.914. The summed E-state index contributed by atoms with van der Waals surface area (Å²) in [7, 11) is 0. The molecule has 5 heteroatoms. The van der Waals surface area contributed by atoms with Gasteiger partial charge in [-0.2, -0.15) is 0 Å². The van der Waals surface area contributed by atoms with E-state index in [-0.39, 0.29) is 0 Å². The van der Waals surface area contributed by atoms with Crippen molar-refractivity contribution in [3.05, 3.63) is 57.3 Å². The highest BCUT2D eigenvalue weighted by molar-refractivity contribution is 9.10. The molecule has 2 N–H and O–H groups in total. The highest BCUT2D eigenvalue weighted by atomic mass is 79.9. The monoisotopic (exact) mass is 326 g/mol. The second kappa shape index (κ2) is 6.18. The SMILES string of the molecule is NCc1ccc(OCc2ccncc2Cl)c(Br)c1. The number of hydrogen-bond acceptors (Lipinski definition) is 3. The maximum Gasteiger partial charge on any atom is 0.134 e. The third-order valence-corrected chi connectivity index (χ3v) is 3.43. The van der Waals surface area contributed by atoms with Crippen molar-refractivity contribution in [1.29, 1.82) is 0 Å². The van der Waals surface area contributed by atoms with Gasteiger partial charge in [0.15, 0.2) is 0 Å². The van der Waals surface area contributed by atoms with Gasteiger partial charge in [-0.1, -0.05) is 17.7 Å². The summed E-state index contributed by atoms with van der Waals surface area (Å²) in [6, 6.07) is 7.61. The smallest absolute Gasteiger partial charge is 0.134 e. The quantitative estimate of drug-likeness (QED) is 0.934. The average Bonchev–Trinajstić information content (AvgIpc) is 2.39. The van der Waals surface area contributed by atoms with Crippen molar-refractivity contribution in [2.45, 2.75) is 13.2 Å². The predicted molar refractivity (Wildman–Crippen MR) is 75.6 cm³/mol. The van der Waals surface area contributed by atoms with E-state index in [2.05, 4.69) is 20.9 Å². The molecule has 1 aromatic carbocycles. The van der Waals surface area contributed by atoms with Crippen molar-refractivity contribution in [3.8, 4) is 5.75 Å². The fourth-order valence-electron chi connectivity index (χ4n) is 1.46. The van der Waals surface area contributed by atoms with Crippen LogP contribution in [0.5, 0.6) is 5.75 Å². The maximum atomic E-state index is 6.01. The molecule has 1 aromatic heterocycles. The molecule has 94 valence electrons. The topological polar surface area (TPSA) is 48.1 Å². The lowest BCUT2D eigenvalue weighted by atomic mass is 10.2. The van der Waals surface area contributed by atoms with E-state index >= 15 is 0 Å². The van der Waals surface area contributed by atoms with Crippen LogP contribution >= 0.6 is 27.5 Å². The van der Waals surface area contributed by atoms with Gasteiger partial charge in [0.1, 0.15) is 12.4 Å². The minimum Gasteiger partial charge on any atom is -0.488 e. The highest BCUT2D eigenvalue weighted by Gasteiger charge is 2.04. The van der Waals surface area contributed by atoms with Crippen molar-refractivity contribution in [2.75, 3.05) is 0 Å². The highest BCUT2D eigenvalue weighted by Crippen LogP contribution is 2.27. The Morgan fingerprint density at radius 3 is 2.83 bits per heavy atom. The summed E-state index contributed by atoms with van der Waals surface area (Å²) in [6.07, 6.45) is 3.30. The minimum absolute atomic E-state index is 0.405. The van der Waals surface area contributed by atoms with Gasteiger partial charge >= 0.3 is 0 Å². The third-order valence-electron chi connectivity index (χ3n) is 2.47. The minimum atomic E-state index is 0.405. The molecule has 0 saturated heterocycles. The van der Waals surface area contributed by atoms with E-state index < -0.39 is 0 Å². The number of aromatic nitrogens is 1. The van der Waals surface area contributed by atoms with Crippen LogP contribution in [0.4, 0.5) is 0 Å². The number of nitrogens with zero attached hydrogens (tertiary/aromatic N) is 1. The fraction of sp³-hybridized carbons (Fsp3) is 0.154. The van der Waals surface area contributed by atoms with Gasteiger partial charge in [0, 0.05) is 24.5 Å². The van der Waals surface area contributed by atoms with Crippen molar-refractivity contribution in [2.24, 2.45) is 5.73 Å². The first kappa shape index (κ1) is 13.3. The molecule has 0 unspecified atom stereocenters. The Balaban J connectivity index is 2.09. The number of nitrogens with two attached hydrogens (primary N) is 1. The fourth-order valence-corrected chi connectivity index (χ4v) is 2.18. The van der Waals surface area contributed by atoms with Crippen molar-refractivity contribution < 1.29 is 4.74 Å². The summed E-state index contributed by atoms with van der Waals surface area (Å²) in [4.78, 5) is 3.93. The van der Waals surface area contributed by atoms with E-state index in [9.17, 15) is 0 Å². The van der Waals surface area contributed by atoms with Crippen LogP contribution in [-0.4, -0.2) is 4.98 Å². The Morgan fingerprint density at radius 1 is 1.33 bits per heavy atom. The van der Waals surface area contributed by atoms with E-state index in [1.54, 1.807) is 12.4 Å². The molecule has 0 radical (unpaired) electrons. The molecule has 0 saturated carbocycles. The Kier molecular flexibility index (Phi) is 4.58. The number of pyridine rings is 1.